The quantitative estimate of drug-likeness (QED) is 0.238. The Morgan fingerprint density at radius 1 is 0.656 bits per heavy atom. The number of aryl methyl sites for hydroxylation is 2. The molecule has 0 aliphatic carbocycles. The molecule has 168 valence electrons. The molecule has 2 rings (SSSR count). The number of rotatable bonds is 10. The molecule has 0 saturated carbocycles. The zero-order valence-electron chi connectivity index (χ0n) is 18.4. The molecule has 0 spiro atoms. The zero-order chi connectivity index (χ0) is 23.5. The van der Waals surface area contributed by atoms with Crippen LogP contribution in [0.4, 0.5) is 0 Å². The van der Waals surface area contributed by atoms with Crippen LogP contribution in [-0.4, -0.2) is 23.7 Å². The molecule has 0 fully saturated rings. The van der Waals surface area contributed by atoms with Crippen LogP contribution >= 0.6 is 0 Å². The van der Waals surface area contributed by atoms with Crippen molar-refractivity contribution in [1.82, 2.24) is 0 Å². The summed E-state index contributed by atoms with van der Waals surface area (Å²) in [5.74, 6) is -0.228. The van der Waals surface area contributed by atoms with Gasteiger partial charge < -0.3 is 14.2 Å². The fourth-order valence-corrected chi connectivity index (χ4v) is 2.90. The molecule has 2 aromatic rings. The van der Waals surface area contributed by atoms with Gasteiger partial charge in [0.1, 0.15) is 17.3 Å². The topological polar surface area (TPSA) is 96.0 Å². The molecule has 32 heavy (non-hydrogen) atoms. The molecule has 0 aromatic heterocycles. The molecule has 0 bridgehead atoms. The van der Waals surface area contributed by atoms with Crippen molar-refractivity contribution in [2.24, 2.45) is 0 Å². The first-order chi connectivity index (χ1) is 15.2. The maximum atomic E-state index is 12.4. The number of ether oxygens (including phenoxy) is 3. The molecule has 0 saturated heterocycles. The average molecular weight is 438 g/mol. The van der Waals surface area contributed by atoms with Gasteiger partial charge in [-0.1, -0.05) is 24.3 Å². The highest BCUT2D eigenvalue weighted by Crippen LogP contribution is 2.17. The first-order valence-corrected chi connectivity index (χ1v) is 10.2. The molecule has 0 amide bonds. The van der Waals surface area contributed by atoms with Gasteiger partial charge in [-0.25, -0.2) is 0 Å². The van der Waals surface area contributed by atoms with Gasteiger partial charge in [0.25, 0.3) is 0 Å². The fraction of sp³-hybridized carbons (Fsp3) is 0.280. The van der Waals surface area contributed by atoms with E-state index in [0.29, 0.717) is 36.5 Å². The molecule has 0 heterocycles. The second-order valence-corrected chi connectivity index (χ2v) is 7.15. The second kappa shape index (κ2) is 12.2. The number of hydrogen-bond donors (Lipinski definition) is 0. The van der Waals surface area contributed by atoms with Crippen LogP contribution in [0.1, 0.15) is 44.7 Å². The fourth-order valence-electron chi connectivity index (χ4n) is 2.90. The maximum absolute atomic E-state index is 12.4. The first kappa shape index (κ1) is 24.5. The number of carbonyl (C=O) groups excluding carboxylic acids is 4. The molecule has 0 unspecified atom stereocenters. The van der Waals surface area contributed by atoms with Gasteiger partial charge in [-0.05, 0) is 48.2 Å². The summed E-state index contributed by atoms with van der Waals surface area (Å²) in [6.07, 6.45) is 3.02. The molecule has 0 N–H and O–H groups in total. The standard InChI is InChI=1S/C25H26O7/c1-17(26)30-23-11-5-20(6-12-23)4-10-22(29)16-25(32-19(3)28)15-9-21-7-13-24(14-8-21)31-18(2)27/h5-8,11-14,16H,4,9-10,15H2,1-3H3. The van der Waals surface area contributed by atoms with Crippen molar-refractivity contribution in [2.75, 3.05) is 0 Å². The average Bonchev–Trinajstić information content (AvgIpc) is 2.71. The molecular formula is C25H26O7. The molecule has 7 heteroatoms. The number of carbonyl (C=O) groups is 4. The van der Waals surface area contributed by atoms with Crippen LogP contribution in [0.2, 0.25) is 0 Å². The monoisotopic (exact) mass is 438 g/mol. The second-order valence-electron chi connectivity index (χ2n) is 7.15. The Morgan fingerprint density at radius 2 is 1.09 bits per heavy atom. The molecule has 0 radical (unpaired) electrons. The minimum atomic E-state index is -0.490. The van der Waals surface area contributed by atoms with E-state index in [1.54, 1.807) is 36.4 Å². The van der Waals surface area contributed by atoms with E-state index in [-0.39, 0.29) is 12.2 Å². The number of benzene rings is 2. The van der Waals surface area contributed by atoms with Gasteiger partial charge in [-0.15, -0.1) is 0 Å². The molecule has 0 atom stereocenters. The highest BCUT2D eigenvalue weighted by Gasteiger charge is 2.09. The Labute approximate surface area is 187 Å². The summed E-state index contributed by atoms with van der Waals surface area (Å²) < 4.78 is 15.2. The number of hydrogen-bond acceptors (Lipinski definition) is 7. The summed E-state index contributed by atoms with van der Waals surface area (Å²) in [6, 6.07) is 13.9. The molecular weight excluding hydrogens is 412 g/mol. The lowest BCUT2D eigenvalue weighted by molar-refractivity contribution is -0.137. The van der Waals surface area contributed by atoms with Crippen LogP contribution < -0.4 is 9.47 Å². The van der Waals surface area contributed by atoms with E-state index >= 15 is 0 Å². The van der Waals surface area contributed by atoms with Crippen LogP contribution in [0.15, 0.2) is 60.4 Å². The Balaban J connectivity index is 1.93. The lowest BCUT2D eigenvalue weighted by atomic mass is 10.1. The van der Waals surface area contributed by atoms with Crippen molar-refractivity contribution in [3.63, 3.8) is 0 Å². The predicted molar refractivity (Wildman–Crippen MR) is 117 cm³/mol. The van der Waals surface area contributed by atoms with Gasteiger partial charge in [-0.2, -0.15) is 0 Å². The number of allylic oxidation sites excluding steroid dienone is 2. The lowest BCUT2D eigenvalue weighted by Gasteiger charge is -2.08. The van der Waals surface area contributed by atoms with E-state index in [1.807, 2.05) is 12.1 Å². The van der Waals surface area contributed by atoms with Gasteiger partial charge in [-0.3, -0.25) is 19.2 Å². The van der Waals surface area contributed by atoms with E-state index in [1.165, 1.54) is 26.8 Å². The van der Waals surface area contributed by atoms with Crippen molar-refractivity contribution in [1.29, 1.82) is 0 Å². The third-order valence-corrected chi connectivity index (χ3v) is 4.29. The van der Waals surface area contributed by atoms with E-state index in [2.05, 4.69) is 0 Å². The molecule has 0 aliphatic rings. The van der Waals surface area contributed by atoms with Crippen molar-refractivity contribution >= 4 is 23.7 Å². The normalized spacial score (nSPS) is 10.9. The van der Waals surface area contributed by atoms with Crippen molar-refractivity contribution in [3.05, 3.63) is 71.5 Å². The Kier molecular flexibility index (Phi) is 9.35. The van der Waals surface area contributed by atoms with E-state index in [4.69, 9.17) is 14.2 Å². The van der Waals surface area contributed by atoms with Gasteiger partial charge in [0.05, 0.1) is 0 Å². The third-order valence-electron chi connectivity index (χ3n) is 4.29. The minimum absolute atomic E-state index is 0.157. The summed E-state index contributed by atoms with van der Waals surface area (Å²) in [5.41, 5.74) is 1.86. The molecule has 2 aromatic carbocycles. The van der Waals surface area contributed by atoms with E-state index < -0.39 is 17.9 Å². The van der Waals surface area contributed by atoms with E-state index in [9.17, 15) is 19.2 Å². The van der Waals surface area contributed by atoms with Crippen LogP contribution in [0, 0.1) is 0 Å². The number of esters is 3. The van der Waals surface area contributed by atoms with Crippen molar-refractivity contribution in [2.45, 2.75) is 46.5 Å². The van der Waals surface area contributed by atoms with Gasteiger partial charge >= 0.3 is 17.9 Å². The lowest BCUT2D eigenvalue weighted by Crippen LogP contribution is -2.05. The minimum Gasteiger partial charge on any atom is -0.431 e. The van der Waals surface area contributed by atoms with Crippen LogP contribution in [0.3, 0.4) is 0 Å². The van der Waals surface area contributed by atoms with Crippen molar-refractivity contribution < 1.29 is 33.4 Å². The van der Waals surface area contributed by atoms with Crippen LogP contribution in [0.25, 0.3) is 0 Å². The van der Waals surface area contributed by atoms with E-state index in [0.717, 1.165) is 11.1 Å². The third kappa shape index (κ3) is 9.38. The Morgan fingerprint density at radius 3 is 1.50 bits per heavy atom. The Hall–Kier alpha value is -3.74. The van der Waals surface area contributed by atoms with Gasteiger partial charge in [0, 0.05) is 39.7 Å². The van der Waals surface area contributed by atoms with Gasteiger partial charge in [0.15, 0.2) is 5.78 Å². The largest absolute Gasteiger partial charge is 0.431 e. The molecule has 7 nitrogen and oxygen atoms in total. The van der Waals surface area contributed by atoms with Crippen LogP contribution in [0.5, 0.6) is 11.5 Å². The maximum Gasteiger partial charge on any atom is 0.308 e. The first-order valence-electron chi connectivity index (χ1n) is 10.2. The predicted octanol–water partition coefficient (Wildman–Crippen LogP) is 4.12. The SMILES string of the molecule is CC(=O)OC(=CC(=O)CCc1ccc(OC(C)=O)cc1)CCc1ccc(OC(C)=O)cc1. The zero-order valence-corrected chi connectivity index (χ0v) is 18.4. The summed E-state index contributed by atoms with van der Waals surface area (Å²) in [6.45, 7) is 3.95. The highest BCUT2D eigenvalue weighted by molar-refractivity contribution is 5.90. The summed E-state index contributed by atoms with van der Waals surface area (Å²) in [7, 11) is 0. The summed E-state index contributed by atoms with van der Waals surface area (Å²) in [5, 5.41) is 0. The van der Waals surface area contributed by atoms with Crippen molar-refractivity contribution in [3.8, 4) is 11.5 Å². The van der Waals surface area contributed by atoms with Crippen LogP contribution in [-0.2, 0) is 36.8 Å². The summed E-state index contributed by atoms with van der Waals surface area (Å²) in [4.78, 5) is 45.8. The Bertz CT molecular complexity index is 986. The molecule has 0 aliphatic heterocycles. The summed E-state index contributed by atoms with van der Waals surface area (Å²) >= 11 is 0. The smallest absolute Gasteiger partial charge is 0.308 e. The highest BCUT2D eigenvalue weighted by atomic mass is 16.5. The number of ketones is 1. The van der Waals surface area contributed by atoms with Gasteiger partial charge in [0.2, 0.25) is 0 Å².